The fraction of sp³-hybridized carbons (Fsp3) is 0.500. The Morgan fingerprint density at radius 2 is 2.31 bits per heavy atom. The zero-order valence-electron chi connectivity index (χ0n) is 7.06. The molecule has 0 aliphatic heterocycles. The number of halogens is 3. The summed E-state index contributed by atoms with van der Waals surface area (Å²) in [5.74, 6) is 0. The van der Waals surface area contributed by atoms with Crippen molar-refractivity contribution in [1.82, 2.24) is 5.32 Å². The Balaban J connectivity index is 2.82. The zero-order chi connectivity index (χ0) is 9.84. The van der Waals surface area contributed by atoms with Gasteiger partial charge in [0.2, 0.25) is 0 Å². The van der Waals surface area contributed by atoms with E-state index in [0.717, 1.165) is 4.47 Å². The maximum absolute atomic E-state index is 12.6. The van der Waals surface area contributed by atoms with Crippen molar-refractivity contribution in [2.45, 2.75) is 19.4 Å². The first-order chi connectivity index (χ1) is 6.16. The molecule has 1 rings (SSSR count). The van der Waals surface area contributed by atoms with Crippen LogP contribution in [0.5, 0.6) is 0 Å². The molecule has 0 fully saturated rings. The third-order valence-corrected chi connectivity index (χ3v) is 3.56. The van der Waals surface area contributed by atoms with Crippen LogP contribution in [-0.2, 0) is 0 Å². The van der Waals surface area contributed by atoms with Crippen molar-refractivity contribution >= 4 is 27.3 Å². The highest BCUT2D eigenvalue weighted by molar-refractivity contribution is 9.10. The van der Waals surface area contributed by atoms with Crippen molar-refractivity contribution in [3.05, 3.63) is 20.8 Å². The third-order valence-electron chi connectivity index (χ3n) is 1.60. The maximum Gasteiger partial charge on any atom is 0.258 e. The van der Waals surface area contributed by atoms with Crippen LogP contribution in [0.3, 0.4) is 0 Å². The first-order valence-corrected chi connectivity index (χ1v) is 5.58. The fourth-order valence-corrected chi connectivity index (χ4v) is 2.74. The Kier molecular flexibility index (Phi) is 4.28. The van der Waals surface area contributed by atoms with Crippen molar-refractivity contribution in [3.8, 4) is 0 Å². The number of rotatable bonds is 4. The van der Waals surface area contributed by atoms with E-state index in [1.807, 2.05) is 6.92 Å². The van der Waals surface area contributed by atoms with E-state index < -0.39 is 12.5 Å². The molecular weight excluding hydrogens is 260 g/mol. The van der Waals surface area contributed by atoms with Crippen molar-refractivity contribution in [3.63, 3.8) is 0 Å². The van der Waals surface area contributed by atoms with Crippen molar-refractivity contribution in [2.24, 2.45) is 0 Å². The Hall–Kier alpha value is -0.0000000000000000555. The zero-order valence-corrected chi connectivity index (χ0v) is 9.46. The molecule has 0 saturated heterocycles. The topological polar surface area (TPSA) is 12.0 Å². The summed E-state index contributed by atoms with van der Waals surface area (Å²) in [4.78, 5) is 0.664. The molecule has 1 heterocycles. The molecule has 1 atom stereocenters. The number of alkyl halides is 2. The summed E-state index contributed by atoms with van der Waals surface area (Å²) in [5.41, 5.74) is 0. The molecule has 0 saturated carbocycles. The van der Waals surface area contributed by atoms with Gasteiger partial charge in [-0.1, -0.05) is 6.92 Å². The van der Waals surface area contributed by atoms with E-state index >= 15 is 0 Å². The van der Waals surface area contributed by atoms with E-state index in [1.165, 1.54) is 11.3 Å². The van der Waals surface area contributed by atoms with E-state index in [4.69, 9.17) is 0 Å². The molecule has 0 amide bonds. The average molecular weight is 270 g/mol. The lowest BCUT2D eigenvalue weighted by Crippen LogP contribution is -2.26. The molecule has 13 heavy (non-hydrogen) atoms. The largest absolute Gasteiger partial charge is 0.305 e. The standard InChI is InChI=1S/C8H10BrF2NS/c1-2-12-6(8(10)11)7-5(9)3-4-13-7/h3-4,6,8,12H,2H2,1H3. The molecule has 5 heteroatoms. The van der Waals surface area contributed by atoms with Gasteiger partial charge in [0.05, 0.1) is 0 Å². The lowest BCUT2D eigenvalue weighted by Gasteiger charge is -2.15. The Labute approximate surface area is 88.3 Å². The van der Waals surface area contributed by atoms with Gasteiger partial charge in [0, 0.05) is 9.35 Å². The van der Waals surface area contributed by atoms with Crippen LogP contribution in [0, 0.1) is 0 Å². The van der Waals surface area contributed by atoms with Gasteiger partial charge in [0.1, 0.15) is 6.04 Å². The van der Waals surface area contributed by atoms with Crippen LogP contribution >= 0.6 is 27.3 Å². The van der Waals surface area contributed by atoms with E-state index in [2.05, 4.69) is 21.2 Å². The molecule has 1 unspecified atom stereocenters. The second kappa shape index (κ2) is 5.02. The van der Waals surface area contributed by atoms with E-state index in [-0.39, 0.29) is 0 Å². The van der Waals surface area contributed by atoms with Gasteiger partial charge in [-0.3, -0.25) is 0 Å². The van der Waals surface area contributed by atoms with Gasteiger partial charge in [-0.05, 0) is 33.9 Å². The molecular formula is C8H10BrF2NS. The number of nitrogens with one attached hydrogen (secondary N) is 1. The normalized spacial score (nSPS) is 13.6. The molecule has 1 N–H and O–H groups in total. The summed E-state index contributed by atoms with van der Waals surface area (Å²) in [5, 5.41) is 4.55. The molecule has 0 bridgehead atoms. The predicted molar refractivity (Wildman–Crippen MR) is 54.4 cm³/mol. The average Bonchev–Trinajstić information content (AvgIpc) is 2.47. The fourth-order valence-electron chi connectivity index (χ4n) is 1.04. The maximum atomic E-state index is 12.6. The summed E-state index contributed by atoms with van der Waals surface area (Å²) in [6.45, 7) is 2.36. The molecule has 0 aliphatic rings. The summed E-state index contributed by atoms with van der Waals surface area (Å²) < 4.78 is 25.9. The van der Waals surface area contributed by atoms with Crippen LogP contribution in [0.15, 0.2) is 15.9 Å². The Bertz CT molecular complexity index is 264. The SMILES string of the molecule is CCNC(c1sccc1Br)C(F)F. The molecule has 1 aromatic rings. The van der Waals surface area contributed by atoms with E-state index in [9.17, 15) is 8.78 Å². The van der Waals surface area contributed by atoms with Crippen LogP contribution in [0.4, 0.5) is 8.78 Å². The first kappa shape index (κ1) is 11.1. The van der Waals surface area contributed by atoms with Gasteiger partial charge >= 0.3 is 0 Å². The van der Waals surface area contributed by atoms with Gasteiger partial charge in [-0.25, -0.2) is 8.78 Å². The van der Waals surface area contributed by atoms with Crippen molar-refractivity contribution in [1.29, 1.82) is 0 Å². The lowest BCUT2D eigenvalue weighted by molar-refractivity contribution is 0.101. The minimum absolute atomic E-state index is 0.541. The highest BCUT2D eigenvalue weighted by atomic mass is 79.9. The number of hydrogen-bond donors (Lipinski definition) is 1. The summed E-state index contributed by atoms with van der Waals surface area (Å²) in [6.07, 6.45) is -2.37. The van der Waals surface area contributed by atoms with Crippen LogP contribution in [0.2, 0.25) is 0 Å². The third kappa shape index (κ3) is 2.72. The Morgan fingerprint density at radius 3 is 2.69 bits per heavy atom. The molecule has 1 aromatic heterocycles. The van der Waals surface area contributed by atoms with Crippen LogP contribution in [-0.4, -0.2) is 13.0 Å². The smallest absolute Gasteiger partial charge is 0.258 e. The quantitative estimate of drug-likeness (QED) is 0.883. The molecule has 0 radical (unpaired) electrons. The van der Waals surface area contributed by atoms with E-state index in [0.29, 0.717) is 11.4 Å². The van der Waals surface area contributed by atoms with E-state index in [1.54, 1.807) is 11.4 Å². The Morgan fingerprint density at radius 1 is 1.62 bits per heavy atom. The molecule has 0 aromatic carbocycles. The molecule has 0 spiro atoms. The van der Waals surface area contributed by atoms with Crippen LogP contribution < -0.4 is 5.32 Å². The second-order valence-corrected chi connectivity index (χ2v) is 4.30. The summed E-state index contributed by atoms with van der Waals surface area (Å²) >= 11 is 4.58. The van der Waals surface area contributed by atoms with Gasteiger partial charge in [0.25, 0.3) is 6.43 Å². The highest BCUT2D eigenvalue weighted by Gasteiger charge is 2.24. The molecule has 0 aliphatic carbocycles. The number of hydrogen-bond acceptors (Lipinski definition) is 2. The molecule has 74 valence electrons. The monoisotopic (exact) mass is 269 g/mol. The van der Waals surface area contributed by atoms with Crippen LogP contribution in [0.1, 0.15) is 17.8 Å². The highest BCUT2D eigenvalue weighted by Crippen LogP contribution is 2.32. The lowest BCUT2D eigenvalue weighted by atomic mass is 10.2. The van der Waals surface area contributed by atoms with Gasteiger partial charge in [0.15, 0.2) is 0 Å². The second-order valence-electron chi connectivity index (χ2n) is 2.50. The van der Waals surface area contributed by atoms with Crippen molar-refractivity contribution in [2.75, 3.05) is 6.54 Å². The first-order valence-electron chi connectivity index (χ1n) is 3.91. The van der Waals surface area contributed by atoms with Gasteiger partial charge < -0.3 is 5.32 Å². The van der Waals surface area contributed by atoms with Crippen LogP contribution in [0.25, 0.3) is 0 Å². The van der Waals surface area contributed by atoms with Gasteiger partial charge in [-0.2, -0.15) is 0 Å². The minimum Gasteiger partial charge on any atom is -0.305 e. The minimum atomic E-state index is -2.37. The van der Waals surface area contributed by atoms with Crippen molar-refractivity contribution < 1.29 is 8.78 Å². The molecule has 1 nitrogen and oxygen atoms in total. The number of thiophene rings is 1. The van der Waals surface area contributed by atoms with Gasteiger partial charge in [-0.15, -0.1) is 11.3 Å². The predicted octanol–water partition coefficient (Wildman–Crippen LogP) is 3.43. The summed E-state index contributed by atoms with van der Waals surface area (Å²) in [6, 6.07) is 0.937. The summed E-state index contributed by atoms with van der Waals surface area (Å²) in [7, 11) is 0.